The molecule has 3 amide bonds. The zero-order valence-electron chi connectivity index (χ0n) is 20.7. The van der Waals surface area contributed by atoms with Gasteiger partial charge in [-0.25, -0.2) is 0 Å². The van der Waals surface area contributed by atoms with Crippen LogP contribution in [0.3, 0.4) is 0 Å². The summed E-state index contributed by atoms with van der Waals surface area (Å²) >= 11 is 7.01. The molecule has 0 saturated carbocycles. The number of hydrogen-bond acceptors (Lipinski definition) is 7. The molecule has 5 rings (SSSR count). The fraction of sp³-hybridized carbons (Fsp3) is 0.111. The number of phenols is 1. The molecule has 0 bridgehead atoms. The summed E-state index contributed by atoms with van der Waals surface area (Å²) in [6.07, 6.45) is -3.29. The number of carbonyl (C=O) groups is 3. The zero-order chi connectivity index (χ0) is 28.9. The lowest BCUT2D eigenvalue weighted by atomic mass is 10.1. The van der Waals surface area contributed by atoms with Gasteiger partial charge in [-0.2, -0.15) is 18.3 Å². The highest BCUT2D eigenvalue weighted by Crippen LogP contribution is 2.44. The molecule has 1 saturated heterocycles. The minimum atomic E-state index is -4.71. The topological polar surface area (TPSA) is 111 Å². The van der Waals surface area contributed by atoms with Gasteiger partial charge in [0.2, 0.25) is 0 Å². The summed E-state index contributed by atoms with van der Waals surface area (Å²) in [6, 6.07) is 10.9. The Bertz CT molecular complexity index is 1690. The fourth-order valence-electron chi connectivity index (χ4n) is 4.14. The average molecular weight is 587 g/mol. The van der Waals surface area contributed by atoms with Crippen molar-refractivity contribution in [2.45, 2.75) is 20.0 Å². The molecule has 13 heteroatoms. The van der Waals surface area contributed by atoms with Crippen LogP contribution >= 0.6 is 23.4 Å². The standard InChI is InChI=1S/C27H18ClF3N4O4S/c1-12-3-5-16(7-13(12)2)35-19-11-15(27(29,30)31)10-17(28)22(19)23(25(35)38)34-33-18-6-4-14(8-20(18)36)9-21-24(37)32-26(39)40-21/h3-11,33,36H,1-2H3,(H,32,37,39)/b21-9-,34-23-. The summed E-state index contributed by atoms with van der Waals surface area (Å²) in [6.45, 7) is 3.68. The number of aryl methyl sites for hydroxylation is 2. The number of fused-ring (bicyclic) bond motifs is 1. The smallest absolute Gasteiger partial charge is 0.416 e. The second kappa shape index (κ2) is 10.0. The van der Waals surface area contributed by atoms with E-state index in [-0.39, 0.29) is 38.3 Å². The molecule has 3 aromatic carbocycles. The monoisotopic (exact) mass is 586 g/mol. The van der Waals surface area contributed by atoms with E-state index in [9.17, 15) is 32.7 Å². The molecular formula is C27H18ClF3N4O4S. The highest BCUT2D eigenvalue weighted by Gasteiger charge is 2.41. The molecule has 0 aliphatic carbocycles. The lowest BCUT2D eigenvalue weighted by Crippen LogP contribution is -2.26. The van der Waals surface area contributed by atoms with Gasteiger partial charge in [-0.1, -0.05) is 23.7 Å². The van der Waals surface area contributed by atoms with Crippen LogP contribution in [-0.2, 0) is 15.8 Å². The van der Waals surface area contributed by atoms with Crippen molar-refractivity contribution in [2.24, 2.45) is 5.10 Å². The maximum absolute atomic E-state index is 13.6. The summed E-state index contributed by atoms with van der Waals surface area (Å²) < 4.78 is 40.8. The zero-order valence-corrected chi connectivity index (χ0v) is 22.3. The largest absolute Gasteiger partial charge is 0.506 e. The maximum atomic E-state index is 13.6. The lowest BCUT2D eigenvalue weighted by Gasteiger charge is -2.19. The number of phenolic OH excluding ortho intramolecular Hbond substituents is 1. The third-order valence-corrected chi connectivity index (χ3v) is 7.39. The van der Waals surface area contributed by atoms with E-state index in [1.54, 1.807) is 18.2 Å². The second-order valence-corrected chi connectivity index (χ2v) is 10.4. The van der Waals surface area contributed by atoms with E-state index < -0.39 is 28.8 Å². The SMILES string of the molecule is Cc1ccc(N2C(=O)/C(=N\Nc3ccc(/C=C4\SC(=O)NC4=O)cc3O)c3c(Cl)cc(C(F)(F)F)cc32)cc1C. The molecule has 40 heavy (non-hydrogen) atoms. The molecule has 0 unspecified atom stereocenters. The van der Waals surface area contributed by atoms with Crippen molar-refractivity contribution in [1.29, 1.82) is 0 Å². The van der Waals surface area contributed by atoms with Crippen LogP contribution in [0.4, 0.5) is 35.0 Å². The van der Waals surface area contributed by atoms with Crippen molar-refractivity contribution in [3.8, 4) is 5.75 Å². The number of carbonyl (C=O) groups excluding carboxylic acids is 3. The summed E-state index contributed by atoms with van der Waals surface area (Å²) in [5.41, 5.74) is 3.79. The summed E-state index contributed by atoms with van der Waals surface area (Å²) in [5, 5.41) is 15.9. The number of thioether (sulfide) groups is 1. The Hall–Kier alpha value is -4.29. The number of imide groups is 1. The van der Waals surface area contributed by atoms with Crippen molar-refractivity contribution in [1.82, 2.24) is 5.32 Å². The molecule has 0 aromatic heterocycles. The summed E-state index contributed by atoms with van der Waals surface area (Å²) in [4.78, 5) is 38.0. The van der Waals surface area contributed by atoms with Crippen LogP contribution in [0.5, 0.6) is 5.75 Å². The van der Waals surface area contributed by atoms with Crippen LogP contribution in [0.25, 0.3) is 6.08 Å². The van der Waals surface area contributed by atoms with Gasteiger partial charge in [0, 0.05) is 5.69 Å². The fourth-order valence-corrected chi connectivity index (χ4v) is 5.12. The third-order valence-electron chi connectivity index (χ3n) is 6.28. The van der Waals surface area contributed by atoms with E-state index in [0.29, 0.717) is 11.3 Å². The predicted octanol–water partition coefficient (Wildman–Crippen LogP) is 6.50. The van der Waals surface area contributed by atoms with Crippen molar-refractivity contribution in [3.63, 3.8) is 0 Å². The summed E-state index contributed by atoms with van der Waals surface area (Å²) in [7, 11) is 0. The molecule has 0 spiro atoms. The average Bonchev–Trinajstić information content (AvgIpc) is 3.34. The van der Waals surface area contributed by atoms with Crippen molar-refractivity contribution < 1.29 is 32.7 Å². The van der Waals surface area contributed by atoms with Gasteiger partial charge in [0.25, 0.3) is 17.1 Å². The first-order valence-electron chi connectivity index (χ1n) is 11.6. The van der Waals surface area contributed by atoms with Crippen molar-refractivity contribution >= 4 is 69.3 Å². The van der Waals surface area contributed by atoms with Crippen LogP contribution in [0.2, 0.25) is 5.02 Å². The molecule has 8 nitrogen and oxygen atoms in total. The highest BCUT2D eigenvalue weighted by atomic mass is 35.5. The number of nitrogens with zero attached hydrogens (tertiary/aromatic N) is 2. The van der Waals surface area contributed by atoms with E-state index in [0.717, 1.165) is 39.9 Å². The minimum absolute atomic E-state index is 0.000163. The number of alkyl halides is 3. The number of rotatable bonds is 4. The summed E-state index contributed by atoms with van der Waals surface area (Å²) in [5.74, 6) is -1.58. The van der Waals surface area contributed by atoms with Gasteiger partial charge < -0.3 is 5.11 Å². The third kappa shape index (κ3) is 5.03. The Kier molecular flexibility index (Phi) is 6.84. The number of nitrogens with one attached hydrogen (secondary N) is 2. The van der Waals surface area contributed by atoms with E-state index in [1.807, 2.05) is 13.8 Å². The number of hydrogen-bond donors (Lipinski definition) is 3. The van der Waals surface area contributed by atoms with Crippen LogP contribution in [-0.4, -0.2) is 27.9 Å². The number of halogens is 4. The normalized spacial score (nSPS) is 17.1. The van der Waals surface area contributed by atoms with Crippen molar-refractivity contribution in [2.75, 3.05) is 10.3 Å². The molecule has 3 N–H and O–H groups in total. The molecule has 0 atom stereocenters. The Balaban J connectivity index is 1.53. The van der Waals surface area contributed by atoms with Crippen LogP contribution in [0, 0.1) is 13.8 Å². The Morgan fingerprint density at radius 3 is 2.42 bits per heavy atom. The molecule has 0 radical (unpaired) electrons. The van der Waals surface area contributed by atoms with E-state index in [4.69, 9.17) is 11.6 Å². The van der Waals surface area contributed by atoms with Gasteiger partial charge in [0.05, 0.1) is 32.4 Å². The number of hydrazone groups is 1. The van der Waals surface area contributed by atoms with Gasteiger partial charge in [-0.3, -0.25) is 30.0 Å². The number of aromatic hydroxyl groups is 1. The molecule has 2 heterocycles. The lowest BCUT2D eigenvalue weighted by molar-refractivity contribution is -0.137. The molecular weight excluding hydrogens is 569 g/mol. The van der Waals surface area contributed by atoms with Crippen molar-refractivity contribution in [3.05, 3.63) is 86.3 Å². The van der Waals surface area contributed by atoms with Crippen LogP contribution in [0.15, 0.2) is 58.5 Å². The number of benzene rings is 3. The van der Waals surface area contributed by atoms with Gasteiger partial charge in [0.15, 0.2) is 5.71 Å². The van der Waals surface area contributed by atoms with Gasteiger partial charge in [-0.05, 0) is 84.8 Å². The van der Waals surface area contributed by atoms with E-state index in [2.05, 4.69) is 15.8 Å². The number of amides is 3. The quantitative estimate of drug-likeness (QED) is 0.183. The minimum Gasteiger partial charge on any atom is -0.506 e. The van der Waals surface area contributed by atoms with Gasteiger partial charge >= 0.3 is 6.18 Å². The van der Waals surface area contributed by atoms with Crippen LogP contribution in [0.1, 0.15) is 27.8 Å². The molecule has 2 aliphatic heterocycles. The first-order valence-corrected chi connectivity index (χ1v) is 12.8. The predicted molar refractivity (Wildman–Crippen MR) is 147 cm³/mol. The van der Waals surface area contributed by atoms with E-state index in [1.165, 1.54) is 24.3 Å². The Morgan fingerprint density at radius 2 is 1.80 bits per heavy atom. The highest BCUT2D eigenvalue weighted by molar-refractivity contribution is 8.18. The first kappa shape index (κ1) is 27.3. The number of anilines is 3. The molecule has 2 aliphatic rings. The molecule has 1 fully saturated rings. The Labute approximate surface area is 234 Å². The molecule has 3 aromatic rings. The first-order chi connectivity index (χ1) is 18.8. The van der Waals surface area contributed by atoms with Gasteiger partial charge in [-0.15, -0.1) is 0 Å². The van der Waals surface area contributed by atoms with E-state index >= 15 is 0 Å². The second-order valence-electron chi connectivity index (χ2n) is 8.96. The molecule has 204 valence electrons. The Morgan fingerprint density at radius 1 is 1.05 bits per heavy atom. The maximum Gasteiger partial charge on any atom is 0.416 e. The van der Waals surface area contributed by atoms with Crippen LogP contribution < -0.4 is 15.6 Å². The van der Waals surface area contributed by atoms with Gasteiger partial charge in [0.1, 0.15) is 5.75 Å².